The number of rotatable bonds is 4. The number of hydrogen-bond donors (Lipinski definition) is 0. The van der Waals surface area contributed by atoms with Crippen LogP contribution in [0.25, 0.3) is 10.9 Å². The molecule has 0 N–H and O–H groups in total. The third kappa shape index (κ3) is 4.02. The van der Waals surface area contributed by atoms with Crippen molar-refractivity contribution in [2.45, 2.75) is 11.4 Å². The summed E-state index contributed by atoms with van der Waals surface area (Å²) in [7, 11) is -3.61. The molecule has 8 heteroatoms. The molecule has 1 aliphatic heterocycles. The minimum absolute atomic E-state index is 0.136. The fraction of sp³-hybridized carbons (Fsp3) is 0.250. The van der Waals surface area contributed by atoms with Crippen LogP contribution in [0.5, 0.6) is 0 Å². The summed E-state index contributed by atoms with van der Waals surface area (Å²) < 4.78 is 27.3. The van der Waals surface area contributed by atoms with Gasteiger partial charge in [-0.25, -0.2) is 8.42 Å². The molecule has 0 radical (unpaired) electrons. The predicted molar refractivity (Wildman–Crippen MR) is 112 cm³/mol. The van der Waals surface area contributed by atoms with Gasteiger partial charge in [0.05, 0.1) is 10.4 Å². The van der Waals surface area contributed by atoms with Crippen LogP contribution in [0.2, 0.25) is 10.0 Å². The molecule has 5 nitrogen and oxygen atoms in total. The zero-order valence-electron chi connectivity index (χ0n) is 15.1. The topological polar surface area (TPSA) is 53.5 Å². The minimum Gasteiger partial charge on any atom is -0.296 e. The third-order valence-electron chi connectivity index (χ3n) is 4.92. The zero-order chi connectivity index (χ0) is 19.7. The molecule has 4 rings (SSSR count). The molecule has 0 spiro atoms. The smallest absolute Gasteiger partial charge is 0.243 e. The first-order chi connectivity index (χ1) is 13.4. The molecule has 28 heavy (non-hydrogen) atoms. The Morgan fingerprint density at radius 1 is 0.929 bits per heavy atom. The van der Waals surface area contributed by atoms with Crippen LogP contribution in [0.1, 0.15) is 5.56 Å². The molecule has 2 heterocycles. The van der Waals surface area contributed by atoms with Crippen molar-refractivity contribution in [2.24, 2.45) is 0 Å². The van der Waals surface area contributed by atoms with E-state index in [1.165, 1.54) is 22.5 Å². The molecule has 146 valence electrons. The average Bonchev–Trinajstić information content (AvgIpc) is 2.68. The minimum atomic E-state index is -3.61. The quantitative estimate of drug-likeness (QED) is 0.620. The van der Waals surface area contributed by atoms with Crippen molar-refractivity contribution < 1.29 is 8.42 Å². The van der Waals surface area contributed by atoms with Gasteiger partial charge in [0, 0.05) is 54.4 Å². The van der Waals surface area contributed by atoms with E-state index in [9.17, 15) is 8.42 Å². The highest BCUT2D eigenvalue weighted by atomic mass is 35.5. The van der Waals surface area contributed by atoms with E-state index >= 15 is 0 Å². The molecule has 1 fully saturated rings. The number of benzene rings is 2. The van der Waals surface area contributed by atoms with Crippen LogP contribution in [-0.4, -0.2) is 48.8 Å². The van der Waals surface area contributed by atoms with E-state index < -0.39 is 10.0 Å². The van der Waals surface area contributed by atoms with Gasteiger partial charge in [-0.15, -0.1) is 0 Å². The SMILES string of the molecule is O=S(=O)(c1cc(Cl)cc(Cl)c1)N1CCN(Cc2cccc3cccnc23)CC1. The van der Waals surface area contributed by atoms with E-state index in [0.717, 1.165) is 23.0 Å². The lowest BCUT2D eigenvalue weighted by Crippen LogP contribution is -2.48. The molecule has 0 amide bonds. The van der Waals surface area contributed by atoms with Gasteiger partial charge in [-0.05, 0) is 29.8 Å². The van der Waals surface area contributed by atoms with Gasteiger partial charge >= 0.3 is 0 Å². The van der Waals surface area contributed by atoms with Crippen LogP contribution in [-0.2, 0) is 16.6 Å². The van der Waals surface area contributed by atoms with E-state index in [1.807, 2.05) is 24.3 Å². The highest BCUT2D eigenvalue weighted by Crippen LogP contribution is 2.26. The molecule has 1 aliphatic rings. The second-order valence-electron chi connectivity index (χ2n) is 6.78. The number of fused-ring (bicyclic) bond motifs is 1. The zero-order valence-corrected chi connectivity index (χ0v) is 17.4. The van der Waals surface area contributed by atoms with Gasteiger partial charge in [-0.1, -0.05) is 47.5 Å². The number of pyridine rings is 1. The van der Waals surface area contributed by atoms with Gasteiger partial charge in [0.15, 0.2) is 0 Å². The summed E-state index contributed by atoms with van der Waals surface area (Å²) in [5.74, 6) is 0. The fourth-order valence-electron chi connectivity index (χ4n) is 3.49. The Hall–Kier alpha value is -1.70. The highest BCUT2D eigenvalue weighted by molar-refractivity contribution is 7.89. The number of halogens is 2. The van der Waals surface area contributed by atoms with Crippen molar-refractivity contribution in [3.05, 3.63) is 70.3 Å². The second kappa shape index (κ2) is 7.97. The first-order valence-corrected chi connectivity index (χ1v) is 11.1. The molecule has 0 bridgehead atoms. The van der Waals surface area contributed by atoms with Crippen LogP contribution in [0.15, 0.2) is 59.6 Å². The number of sulfonamides is 1. The van der Waals surface area contributed by atoms with Crippen LogP contribution in [0, 0.1) is 0 Å². The average molecular weight is 436 g/mol. The molecular formula is C20H19Cl2N3O2S. The van der Waals surface area contributed by atoms with Crippen molar-refractivity contribution in [1.29, 1.82) is 0 Å². The summed E-state index contributed by atoms with van der Waals surface area (Å²) in [5.41, 5.74) is 2.14. The first-order valence-electron chi connectivity index (χ1n) is 8.95. The summed E-state index contributed by atoms with van der Waals surface area (Å²) in [5, 5.41) is 1.74. The van der Waals surface area contributed by atoms with Crippen LogP contribution in [0.3, 0.4) is 0 Å². The molecule has 0 atom stereocenters. The fourth-order valence-corrected chi connectivity index (χ4v) is 5.64. The predicted octanol–water partition coefficient (Wildman–Crippen LogP) is 4.05. The summed E-state index contributed by atoms with van der Waals surface area (Å²) >= 11 is 11.9. The molecule has 2 aromatic carbocycles. The molecule has 1 aromatic heterocycles. The van der Waals surface area contributed by atoms with Crippen LogP contribution in [0.4, 0.5) is 0 Å². The Morgan fingerprint density at radius 2 is 1.61 bits per heavy atom. The van der Waals surface area contributed by atoms with Gasteiger partial charge in [0.25, 0.3) is 0 Å². The third-order valence-corrected chi connectivity index (χ3v) is 7.23. The van der Waals surface area contributed by atoms with Crippen molar-refractivity contribution in [3.63, 3.8) is 0 Å². The number of hydrogen-bond acceptors (Lipinski definition) is 4. The largest absolute Gasteiger partial charge is 0.296 e. The van der Waals surface area contributed by atoms with Crippen molar-refractivity contribution >= 4 is 44.1 Å². The maximum Gasteiger partial charge on any atom is 0.243 e. The summed E-state index contributed by atoms with van der Waals surface area (Å²) in [6, 6.07) is 14.5. The molecule has 3 aromatic rings. The van der Waals surface area contributed by atoms with Crippen molar-refractivity contribution in [1.82, 2.24) is 14.2 Å². The van der Waals surface area contributed by atoms with Gasteiger partial charge in [-0.3, -0.25) is 9.88 Å². The summed E-state index contributed by atoms with van der Waals surface area (Å²) in [4.78, 5) is 6.89. The lowest BCUT2D eigenvalue weighted by molar-refractivity contribution is 0.182. The monoisotopic (exact) mass is 435 g/mol. The standard InChI is InChI=1S/C20H19Cl2N3O2S/c21-17-11-18(22)13-19(12-17)28(26,27)25-9-7-24(8-10-25)14-16-4-1-3-15-5-2-6-23-20(15)16/h1-6,11-13H,7-10,14H2. The number of para-hydroxylation sites is 1. The normalized spacial score (nSPS) is 16.5. The molecule has 1 saturated heterocycles. The van der Waals surface area contributed by atoms with Crippen LogP contribution < -0.4 is 0 Å². The maximum absolute atomic E-state index is 12.9. The molecule has 0 saturated carbocycles. The number of nitrogens with zero attached hydrogens (tertiary/aromatic N) is 3. The van der Waals surface area contributed by atoms with E-state index in [0.29, 0.717) is 36.2 Å². The highest BCUT2D eigenvalue weighted by Gasteiger charge is 2.29. The van der Waals surface area contributed by atoms with E-state index in [-0.39, 0.29) is 4.90 Å². The Morgan fingerprint density at radius 3 is 2.32 bits per heavy atom. The Bertz CT molecular complexity index is 1090. The van der Waals surface area contributed by atoms with E-state index in [1.54, 1.807) is 6.20 Å². The number of aromatic nitrogens is 1. The molecular weight excluding hydrogens is 417 g/mol. The van der Waals surface area contributed by atoms with Crippen molar-refractivity contribution in [3.8, 4) is 0 Å². The lowest BCUT2D eigenvalue weighted by atomic mass is 10.1. The van der Waals surface area contributed by atoms with Gasteiger partial charge in [-0.2, -0.15) is 4.31 Å². The summed E-state index contributed by atoms with van der Waals surface area (Å²) in [6.07, 6.45) is 1.80. The molecule has 0 aliphatic carbocycles. The Labute approximate surface area is 174 Å². The van der Waals surface area contributed by atoms with Gasteiger partial charge in [0.2, 0.25) is 10.0 Å². The van der Waals surface area contributed by atoms with Crippen molar-refractivity contribution in [2.75, 3.05) is 26.2 Å². The number of piperazine rings is 1. The van der Waals surface area contributed by atoms with E-state index in [2.05, 4.69) is 16.0 Å². The Kier molecular flexibility index (Phi) is 5.58. The maximum atomic E-state index is 12.9. The lowest BCUT2D eigenvalue weighted by Gasteiger charge is -2.34. The summed E-state index contributed by atoms with van der Waals surface area (Å²) in [6.45, 7) is 2.88. The first kappa shape index (κ1) is 19.6. The second-order valence-corrected chi connectivity index (χ2v) is 9.59. The van der Waals surface area contributed by atoms with Crippen LogP contribution >= 0.6 is 23.2 Å². The Balaban J connectivity index is 1.47. The van der Waals surface area contributed by atoms with Gasteiger partial charge < -0.3 is 0 Å². The van der Waals surface area contributed by atoms with Gasteiger partial charge in [0.1, 0.15) is 0 Å². The molecule has 0 unspecified atom stereocenters. The van der Waals surface area contributed by atoms with E-state index in [4.69, 9.17) is 23.2 Å².